The number of nitrogens with zero attached hydrogens (tertiary/aromatic N) is 1. The van der Waals surface area contributed by atoms with Gasteiger partial charge in [0, 0.05) is 37.6 Å². The second-order valence-electron chi connectivity index (χ2n) is 4.93. The molecular weight excluding hydrogens is 254 g/mol. The molecule has 1 aromatic rings. The normalized spacial score (nSPS) is 11.8. The highest BCUT2D eigenvalue weighted by atomic mass is 16.3. The van der Waals surface area contributed by atoms with Gasteiger partial charge in [-0.05, 0) is 44.9 Å². The lowest BCUT2D eigenvalue weighted by atomic mass is 10.2. The van der Waals surface area contributed by atoms with E-state index in [4.69, 9.17) is 5.11 Å². The molecule has 112 valence electrons. The third-order valence-electron chi connectivity index (χ3n) is 3.19. The van der Waals surface area contributed by atoms with Crippen LogP contribution in [0.15, 0.2) is 24.3 Å². The summed E-state index contributed by atoms with van der Waals surface area (Å²) in [6, 6.07) is 7.57. The monoisotopic (exact) mass is 279 g/mol. The Balaban J connectivity index is 2.53. The Morgan fingerprint density at radius 1 is 1.45 bits per heavy atom. The summed E-state index contributed by atoms with van der Waals surface area (Å²) >= 11 is 0. The number of rotatable bonds is 7. The van der Waals surface area contributed by atoms with E-state index in [0.29, 0.717) is 6.42 Å². The maximum atomic E-state index is 11.8. The highest BCUT2D eigenvalue weighted by Crippen LogP contribution is 2.18. The van der Waals surface area contributed by atoms with E-state index >= 15 is 0 Å². The molecule has 5 heteroatoms. The summed E-state index contributed by atoms with van der Waals surface area (Å²) in [5.41, 5.74) is 1.84. The topological polar surface area (TPSA) is 64.6 Å². The zero-order valence-electron chi connectivity index (χ0n) is 12.5. The van der Waals surface area contributed by atoms with Gasteiger partial charge in [-0.1, -0.05) is 6.07 Å². The Kier molecular flexibility index (Phi) is 6.87. The maximum absolute atomic E-state index is 11.8. The summed E-state index contributed by atoms with van der Waals surface area (Å²) in [7, 11) is 2.01. The molecule has 0 aliphatic heterocycles. The molecule has 1 rings (SSSR count). The molecule has 0 saturated carbocycles. The van der Waals surface area contributed by atoms with Crippen molar-refractivity contribution in [1.82, 2.24) is 5.32 Å². The smallest absolute Gasteiger partial charge is 0.319 e. The van der Waals surface area contributed by atoms with Gasteiger partial charge in [0.1, 0.15) is 0 Å². The Bertz CT molecular complexity index is 423. The fourth-order valence-corrected chi connectivity index (χ4v) is 1.86. The van der Waals surface area contributed by atoms with Gasteiger partial charge in [0.25, 0.3) is 0 Å². The molecule has 0 aliphatic carbocycles. The number of amides is 2. The van der Waals surface area contributed by atoms with Gasteiger partial charge in [0.2, 0.25) is 0 Å². The summed E-state index contributed by atoms with van der Waals surface area (Å²) in [4.78, 5) is 13.9. The first kappa shape index (κ1) is 16.3. The summed E-state index contributed by atoms with van der Waals surface area (Å²) in [6.07, 6.45) is 1.46. The van der Waals surface area contributed by atoms with E-state index in [1.165, 1.54) is 0 Å². The summed E-state index contributed by atoms with van der Waals surface area (Å²) in [5.74, 6) is 0. The average molecular weight is 279 g/mol. The number of hydrogen-bond donors (Lipinski definition) is 3. The highest BCUT2D eigenvalue weighted by Gasteiger charge is 2.07. The van der Waals surface area contributed by atoms with Crippen molar-refractivity contribution < 1.29 is 9.90 Å². The first-order chi connectivity index (χ1) is 9.56. The number of carbonyl (C=O) groups excluding carboxylic acids is 1. The Morgan fingerprint density at radius 3 is 2.85 bits per heavy atom. The fourth-order valence-electron chi connectivity index (χ4n) is 1.86. The summed E-state index contributed by atoms with van der Waals surface area (Å²) in [6.45, 7) is 5.07. The minimum Gasteiger partial charge on any atom is -0.396 e. The van der Waals surface area contributed by atoms with Crippen LogP contribution in [-0.2, 0) is 0 Å². The largest absolute Gasteiger partial charge is 0.396 e. The second-order valence-corrected chi connectivity index (χ2v) is 4.93. The van der Waals surface area contributed by atoms with Gasteiger partial charge in [-0.3, -0.25) is 0 Å². The number of aliphatic hydroxyl groups excluding tert-OH is 1. The lowest BCUT2D eigenvalue weighted by Gasteiger charge is -2.18. The molecule has 0 bridgehead atoms. The van der Waals surface area contributed by atoms with Crippen LogP contribution in [0.4, 0.5) is 16.2 Å². The predicted octanol–water partition coefficient (Wildman–Crippen LogP) is 2.43. The second kappa shape index (κ2) is 8.43. The number of aliphatic hydroxyl groups is 1. The highest BCUT2D eigenvalue weighted by molar-refractivity contribution is 5.90. The van der Waals surface area contributed by atoms with Crippen molar-refractivity contribution in [3.05, 3.63) is 24.3 Å². The van der Waals surface area contributed by atoms with Crippen molar-refractivity contribution in [2.45, 2.75) is 32.7 Å². The van der Waals surface area contributed by atoms with Gasteiger partial charge >= 0.3 is 6.03 Å². The van der Waals surface area contributed by atoms with E-state index in [1.54, 1.807) is 0 Å². The predicted molar refractivity (Wildman–Crippen MR) is 83.3 cm³/mol. The first-order valence-electron chi connectivity index (χ1n) is 7.06. The van der Waals surface area contributed by atoms with Gasteiger partial charge < -0.3 is 20.6 Å². The van der Waals surface area contributed by atoms with Crippen LogP contribution in [-0.4, -0.2) is 37.4 Å². The summed E-state index contributed by atoms with van der Waals surface area (Å²) < 4.78 is 0. The van der Waals surface area contributed by atoms with Crippen molar-refractivity contribution in [2.24, 2.45) is 0 Å². The molecule has 0 fully saturated rings. The van der Waals surface area contributed by atoms with Gasteiger partial charge in [0.05, 0.1) is 0 Å². The van der Waals surface area contributed by atoms with Gasteiger partial charge in [0.15, 0.2) is 0 Å². The third kappa shape index (κ3) is 5.48. The lowest BCUT2D eigenvalue weighted by molar-refractivity contribution is 0.245. The van der Waals surface area contributed by atoms with Gasteiger partial charge in [-0.25, -0.2) is 4.79 Å². The molecular formula is C15H25N3O2. The minimum absolute atomic E-state index is 0.0450. The molecule has 0 saturated heterocycles. The zero-order valence-corrected chi connectivity index (χ0v) is 12.5. The molecule has 3 N–H and O–H groups in total. The SMILES string of the molecule is CCN(C)c1cccc(NC(=O)NC(C)CCCO)c1. The summed E-state index contributed by atoms with van der Waals surface area (Å²) in [5, 5.41) is 14.4. The van der Waals surface area contributed by atoms with Gasteiger partial charge in [-0.2, -0.15) is 0 Å². The van der Waals surface area contributed by atoms with E-state index in [1.807, 2.05) is 38.2 Å². The van der Waals surface area contributed by atoms with E-state index in [0.717, 1.165) is 24.3 Å². The van der Waals surface area contributed by atoms with Crippen LogP contribution in [0.25, 0.3) is 0 Å². The molecule has 1 aromatic carbocycles. The average Bonchev–Trinajstić information content (AvgIpc) is 2.44. The molecule has 1 atom stereocenters. The van der Waals surface area contributed by atoms with E-state index in [9.17, 15) is 4.79 Å². The molecule has 1 unspecified atom stereocenters. The molecule has 0 aromatic heterocycles. The van der Waals surface area contributed by atoms with Crippen LogP contribution in [0.2, 0.25) is 0 Å². The molecule has 0 heterocycles. The maximum Gasteiger partial charge on any atom is 0.319 e. The number of urea groups is 1. The molecule has 0 radical (unpaired) electrons. The molecule has 0 spiro atoms. The van der Waals surface area contributed by atoms with Crippen LogP contribution >= 0.6 is 0 Å². The molecule has 5 nitrogen and oxygen atoms in total. The van der Waals surface area contributed by atoms with Crippen molar-refractivity contribution in [2.75, 3.05) is 30.4 Å². The lowest BCUT2D eigenvalue weighted by Crippen LogP contribution is -2.36. The van der Waals surface area contributed by atoms with Crippen molar-refractivity contribution in [3.63, 3.8) is 0 Å². The van der Waals surface area contributed by atoms with Gasteiger partial charge in [-0.15, -0.1) is 0 Å². The van der Waals surface area contributed by atoms with Crippen molar-refractivity contribution in [3.8, 4) is 0 Å². The molecule has 0 aliphatic rings. The first-order valence-corrected chi connectivity index (χ1v) is 7.06. The van der Waals surface area contributed by atoms with Crippen molar-refractivity contribution in [1.29, 1.82) is 0 Å². The molecule has 20 heavy (non-hydrogen) atoms. The van der Waals surface area contributed by atoms with Crippen LogP contribution < -0.4 is 15.5 Å². The Morgan fingerprint density at radius 2 is 2.20 bits per heavy atom. The van der Waals surface area contributed by atoms with Crippen molar-refractivity contribution >= 4 is 17.4 Å². The standard InChI is InChI=1S/C15H25N3O2/c1-4-18(3)14-9-5-8-13(11-14)17-15(20)16-12(2)7-6-10-19/h5,8-9,11-12,19H,4,6-7,10H2,1-3H3,(H2,16,17,20). The zero-order chi connectivity index (χ0) is 15.0. The van der Waals surface area contributed by atoms with Crippen LogP contribution in [0, 0.1) is 0 Å². The quantitative estimate of drug-likeness (QED) is 0.718. The molecule has 2 amide bonds. The number of anilines is 2. The number of carbonyl (C=O) groups is 1. The van der Waals surface area contributed by atoms with E-state index < -0.39 is 0 Å². The Hall–Kier alpha value is -1.75. The minimum atomic E-state index is -0.216. The number of benzene rings is 1. The van der Waals surface area contributed by atoms with Crippen LogP contribution in [0.5, 0.6) is 0 Å². The van der Waals surface area contributed by atoms with Crippen LogP contribution in [0.3, 0.4) is 0 Å². The fraction of sp³-hybridized carbons (Fsp3) is 0.533. The third-order valence-corrected chi connectivity index (χ3v) is 3.19. The number of hydrogen-bond acceptors (Lipinski definition) is 3. The van der Waals surface area contributed by atoms with E-state index in [-0.39, 0.29) is 18.7 Å². The van der Waals surface area contributed by atoms with Crippen LogP contribution in [0.1, 0.15) is 26.7 Å². The number of nitrogens with one attached hydrogen (secondary N) is 2. The van der Waals surface area contributed by atoms with E-state index in [2.05, 4.69) is 22.5 Å². The Labute approximate surface area is 121 Å².